The van der Waals surface area contributed by atoms with E-state index in [1.807, 2.05) is 0 Å². The van der Waals surface area contributed by atoms with Crippen LogP contribution in [0, 0.1) is 10.1 Å². The molecule has 0 saturated carbocycles. The van der Waals surface area contributed by atoms with E-state index in [0.29, 0.717) is 22.6 Å². The summed E-state index contributed by atoms with van der Waals surface area (Å²) < 4.78 is 10.4. The largest absolute Gasteiger partial charge is 0.489 e. The number of benzene rings is 3. The zero-order valence-corrected chi connectivity index (χ0v) is 18.0. The predicted molar refractivity (Wildman–Crippen MR) is 122 cm³/mol. The van der Waals surface area contributed by atoms with Crippen molar-refractivity contribution >= 4 is 29.4 Å². The lowest BCUT2D eigenvalue weighted by molar-refractivity contribution is -0.384. The molecule has 0 amide bonds. The summed E-state index contributed by atoms with van der Waals surface area (Å²) in [7, 11) is 1.30. The molecule has 1 aliphatic rings. The van der Waals surface area contributed by atoms with E-state index in [2.05, 4.69) is 5.16 Å². The van der Waals surface area contributed by atoms with Gasteiger partial charge in [0.2, 0.25) is 0 Å². The molecule has 0 unspecified atom stereocenters. The van der Waals surface area contributed by atoms with Crippen LogP contribution in [-0.4, -0.2) is 29.7 Å². The minimum Gasteiger partial charge on any atom is -0.489 e. The van der Waals surface area contributed by atoms with Gasteiger partial charge in [-0.1, -0.05) is 29.4 Å². The van der Waals surface area contributed by atoms with E-state index < -0.39 is 16.9 Å². The van der Waals surface area contributed by atoms with Gasteiger partial charge in [-0.05, 0) is 53.6 Å². The first-order valence-electron chi connectivity index (χ1n) is 10.1. The Balaban J connectivity index is 1.45. The van der Waals surface area contributed by atoms with Crippen molar-refractivity contribution in [2.45, 2.75) is 6.61 Å². The molecule has 0 bridgehead atoms. The second-order valence-electron chi connectivity index (χ2n) is 7.23. The first-order chi connectivity index (χ1) is 16.4. The average Bonchev–Trinajstić information content (AvgIpc) is 3.23. The molecule has 34 heavy (non-hydrogen) atoms. The van der Waals surface area contributed by atoms with E-state index in [1.54, 1.807) is 66.7 Å². The van der Waals surface area contributed by atoms with Crippen molar-refractivity contribution in [2.75, 3.05) is 7.11 Å². The monoisotopic (exact) mass is 458 g/mol. The third kappa shape index (κ3) is 4.99. The highest BCUT2D eigenvalue weighted by Crippen LogP contribution is 2.23. The van der Waals surface area contributed by atoms with Crippen molar-refractivity contribution in [2.24, 2.45) is 5.16 Å². The van der Waals surface area contributed by atoms with E-state index in [1.165, 1.54) is 19.2 Å². The molecule has 0 fully saturated rings. The molecule has 0 N–H and O–H groups in total. The first-order valence-corrected chi connectivity index (χ1v) is 10.1. The fourth-order valence-electron chi connectivity index (χ4n) is 3.21. The van der Waals surface area contributed by atoms with Crippen LogP contribution in [0.2, 0.25) is 0 Å². The van der Waals surface area contributed by atoms with Crippen LogP contribution in [0.15, 0.2) is 83.5 Å². The van der Waals surface area contributed by atoms with E-state index in [9.17, 15) is 19.7 Å². The van der Waals surface area contributed by atoms with Gasteiger partial charge in [-0.3, -0.25) is 10.1 Å². The SMILES string of the molecule is COC(=O)c1ccc(C2=NOC(=O)/C2=C\c2ccc(OCc3ccc([N+](=O)[O-])cc3)cc2)cc1. The van der Waals surface area contributed by atoms with Crippen LogP contribution in [-0.2, 0) is 21.0 Å². The second-order valence-corrected chi connectivity index (χ2v) is 7.23. The van der Waals surface area contributed by atoms with Crippen LogP contribution in [0.4, 0.5) is 5.69 Å². The first kappa shape index (κ1) is 22.4. The molecule has 0 radical (unpaired) electrons. The summed E-state index contributed by atoms with van der Waals surface area (Å²) in [6, 6.07) is 19.7. The van der Waals surface area contributed by atoms with Crippen molar-refractivity contribution in [3.05, 3.63) is 111 Å². The molecule has 0 atom stereocenters. The van der Waals surface area contributed by atoms with Gasteiger partial charge in [-0.2, -0.15) is 0 Å². The van der Waals surface area contributed by atoms with E-state index in [0.717, 1.165) is 11.1 Å². The topological polar surface area (TPSA) is 117 Å². The summed E-state index contributed by atoms with van der Waals surface area (Å²) in [6.45, 7) is 0.253. The van der Waals surface area contributed by atoms with Gasteiger partial charge in [0.25, 0.3) is 5.69 Å². The van der Waals surface area contributed by atoms with Gasteiger partial charge in [0, 0.05) is 17.7 Å². The number of methoxy groups -OCH3 is 1. The van der Waals surface area contributed by atoms with Crippen LogP contribution in [0.5, 0.6) is 5.75 Å². The Hall–Kier alpha value is -4.79. The molecule has 1 heterocycles. The van der Waals surface area contributed by atoms with Crippen LogP contribution >= 0.6 is 0 Å². The van der Waals surface area contributed by atoms with Crippen LogP contribution < -0.4 is 4.74 Å². The van der Waals surface area contributed by atoms with E-state index in [-0.39, 0.29) is 17.9 Å². The summed E-state index contributed by atoms with van der Waals surface area (Å²) >= 11 is 0. The lowest BCUT2D eigenvalue weighted by Gasteiger charge is -2.07. The molecule has 0 aromatic heterocycles. The van der Waals surface area contributed by atoms with Gasteiger partial charge in [0.05, 0.1) is 23.2 Å². The van der Waals surface area contributed by atoms with E-state index in [4.69, 9.17) is 14.3 Å². The minimum absolute atomic E-state index is 0.0221. The quantitative estimate of drug-likeness (QED) is 0.170. The number of hydrogen-bond acceptors (Lipinski definition) is 8. The fraction of sp³-hybridized carbons (Fsp3) is 0.0800. The molecule has 0 spiro atoms. The van der Waals surface area contributed by atoms with Crippen molar-refractivity contribution in [1.82, 2.24) is 0 Å². The Morgan fingerprint density at radius 2 is 1.71 bits per heavy atom. The van der Waals surface area contributed by atoms with Gasteiger partial charge in [0.1, 0.15) is 18.1 Å². The number of carbonyl (C=O) groups is 2. The number of nitrogens with zero attached hydrogens (tertiary/aromatic N) is 2. The minimum atomic E-state index is -0.578. The maximum atomic E-state index is 12.2. The highest BCUT2D eigenvalue weighted by atomic mass is 16.7. The van der Waals surface area contributed by atoms with Gasteiger partial charge < -0.3 is 14.3 Å². The summed E-state index contributed by atoms with van der Waals surface area (Å²) in [5, 5.41) is 14.6. The van der Waals surface area contributed by atoms with Crippen molar-refractivity contribution in [3.63, 3.8) is 0 Å². The molecular weight excluding hydrogens is 440 g/mol. The van der Waals surface area contributed by atoms with Gasteiger partial charge in [0.15, 0.2) is 0 Å². The molecular formula is C25H18N2O7. The number of carbonyl (C=O) groups excluding carboxylic acids is 2. The number of esters is 1. The summed E-state index contributed by atoms with van der Waals surface area (Å²) in [4.78, 5) is 39.0. The molecule has 0 aliphatic carbocycles. The molecule has 3 aromatic carbocycles. The maximum Gasteiger partial charge on any atom is 0.368 e. The average molecular weight is 458 g/mol. The number of rotatable bonds is 7. The number of oxime groups is 1. The van der Waals surface area contributed by atoms with Crippen molar-refractivity contribution in [1.29, 1.82) is 0 Å². The summed E-state index contributed by atoms with van der Waals surface area (Å²) in [6.07, 6.45) is 1.66. The normalized spacial score (nSPS) is 13.9. The van der Waals surface area contributed by atoms with Crippen LogP contribution in [0.25, 0.3) is 6.08 Å². The number of nitro groups is 1. The van der Waals surface area contributed by atoms with Gasteiger partial charge >= 0.3 is 11.9 Å². The predicted octanol–water partition coefficient (Wildman–Crippen LogP) is 4.30. The van der Waals surface area contributed by atoms with Gasteiger partial charge in [-0.15, -0.1) is 0 Å². The molecule has 3 aromatic rings. The lowest BCUT2D eigenvalue weighted by atomic mass is 9.99. The molecule has 9 heteroatoms. The highest BCUT2D eigenvalue weighted by molar-refractivity contribution is 6.31. The zero-order chi connectivity index (χ0) is 24.1. The van der Waals surface area contributed by atoms with Crippen molar-refractivity contribution < 1.29 is 28.8 Å². The molecule has 170 valence electrons. The second kappa shape index (κ2) is 9.78. The van der Waals surface area contributed by atoms with Crippen LogP contribution in [0.1, 0.15) is 27.0 Å². The van der Waals surface area contributed by atoms with E-state index >= 15 is 0 Å². The number of non-ortho nitro benzene ring substituents is 1. The molecule has 4 rings (SSSR count). The Bertz CT molecular complexity index is 1290. The maximum absolute atomic E-state index is 12.2. The third-order valence-corrected chi connectivity index (χ3v) is 5.02. The summed E-state index contributed by atoms with van der Waals surface area (Å²) in [5.74, 6) is -0.439. The van der Waals surface area contributed by atoms with Gasteiger partial charge in [-0.25, -0.2) is 9.59 Å². The summed E-state index contributed by atoms with van der Waals surface area (Å²) in [5.41, 5.74) is 3.19. The zero-order valence-electron chi connectivity index (χ0n) is 18.0. The number of hydrogen-bond donors (Lipinski definition) is 0. The molecule has 1 aliphatic heterocycles. The Kier molecular flexibility index (Phi) is 6.45. The highest BCUT2D eigenvalue weighted by Gasteiger charge is 2.27. The Labute approximate surface area is 194 Å². The Morgan fingerprint density at radius 1 is 1.03 bits per heavy atom. The number of ether oxygens (including phenoxy) is 2. The van der Waals surface area contributed by atoms with Crippen molar-refractivity contribution in [3.8, 4) is 5.75 Å². The molecule has 0 saturated heterocycles. The lowest BCUT2D eigenvalue weighted by Crippen LogP contribution is -2.08. The smallest absolute Gasteiger partial charge is 0.368 e. The fourth-order valence-corrected chi connectivity index (χ4v) is 3.21. The van der Waals surface area contributed by atoms with Crippen LogP contribution in [0.3, 0.4) is 0 Å². The molecule has 9 nitrogen and oxygen atoms in total. The third-order valence-electron chi connectivity index (χ3n) is 5.02. The Morgan fingerprint density at radius 3 is 2.32 bits per heavy atom. The number of nitro benzene ring substituents is 1. The standard InChI is InChI=1S/C25H18N2O7/c1-32-24(28)19-8-6-18(7-9-19)23-22(25(29)34-26-23)14-16-4-12-21(13-5-16)33-15-17-2-10-20(11-3-17)27(30)31/h2-14H,15H2,1H3/b22-14-.